The number of fused-ring (bicyclic) bond motifs is 1. The van der Waals surface area contributed by atoms with Crippen LogP contribution < -0.4 is 15.5 Å². The molecule has 3 amide bonds. The van der Waals surface area contributed by atoms with Gasteiger partial charge >= 0.3 is 6.03 Å². The van der Waals surface area contributed by atoms with Crippen molar-refractivity contribution in [2.24, 2.45) is 0 Å². The van der Waals surface area contributed by atoms with Crippen molar-refractivity contribution in [3.05, 3.63) is 29.8 Å². The van der Waals surface area contributed by atoms with E-state index in [-0.39, 0.29) is 11.9 Å². The fourth-order valence-electron chi connectivity index (χ4n) is 3.01. The fourth-order valence-corrected chi connectivity index (χ4v) is 4.25. The lowest BCUT2D eigenvalue weighted by molar-refractivity contribution is -0.117. The number of urea groups is 1. The monoisotopic (exact) mass is 417 g/mol. The number of aromatic nitrogens is 3. The number of amides is 3. The molecule has 1 aliphatic rings. The number of piperazine rings is 1. The van der Waals surface area contributed by atoms with Crippen LogP contribution in [0.4, 0.5) is 15.7 Å². The number of benzene rings is 1. The Labute approximate surface area is 169 Å². The molecule has 11 heteroatoms. The lowest BCUT2D eigenvalue weighted by Crippen LogP contribution is -2.54. The SMILES string of the molecule is C[C@@H](NC(=O)N1CCN(c2nsc3ccccc23)CC1)C(=O)Nc1nncs1. The molecular formula is C17H19N7O2S2. The molecule has 1 aliphatic heterocycles. The molecule has 28 heavy (non-hydrogen) atoms. The van der Waals surface area contributed by atoms with E-state index in [0.717, 1.165) is 15.9 Å². The van der Waals surface area contributed by atoms with Gasteiger partial charge in [-0.05, 0) is 30.6 Å². The van der Waals surface area contributed by atoms with Gasteiger partial charge in [-0.2, -0.15) is 4.37 Å². The van der Waals surface area contributed by atoms with Crippen LogP contribution in [-0.4, -0.2) is 63.6 Å². The summed E-state index contributed by atoms with van der Waals surface area (Å²) in [6.07, 6.45) is 0. The maximum absolute atomic E-state index is 12.5. The van der Waals surface area contributed by atoms with Crippen LogP contribution in [0.25, 0.3) is 10.1 Å². The smallest absolute Gasteiger partial charge is 0.318 e. The number of rotatable bonds is 4. The minimum atomic E-state index is -0.670. The van der Waals surface area contributed by atoms with Gasteiger partial charge in [-0.3, -0.25) is 10.1 Å². The molecule has 9 nitrogen and oxygen atoms in total. The topological polar surface area (TPSA) is 103 Å². The molecule has 0 radical (unpaired) electrons. The fraction of sp³-hybridized carbons (Fsp3) is 0.353. The Morgan fingerprint density at radius 3 is 2.71 bits per heavy atom. The molecule has 0 bridgehead atoms. The third-order valence-corrected chi connectivity index (χ3v) is 5.97. The van der Waals surface area contributed by atoms with Crippen LogP contribution in [0.3, 0.4) is 0 Å². The lowest BCUT2D eigenvalue weighted by Gasteiger charge is -2.35. The first-order chi connectivity index (χ1) is 13.6. The van der Waals surface area contributed by atoms with Gasteiger partial charge in [0.05, 0.1) is 4.70 Å². The van der Waals surface area contributed by atoms with Crippen LogP contribution in [0.15, 0.2) is 29.8 Å². The van der Waals surface area contributed by atoms with Crippen LogP contribution in [0, 0.1) is 0 Å². The molecular weight excluding hydrogens is 398 g/mol. The molecule has 0 saturated carbocycles. The third-order valence-electron chi connectivity index (χ3n) is 4.55. The van der Waals surface area contributed by atoms with Crippen molar-refractivity contribution in [3.63, 3.8) is 0 Å². The van der Waals surface area contributed by atoms with Crippen LogP contribution in [0.5, 0.6) is 0 Å². The van der Waals surface area contributed by atoms with Gasteiger partial charge in [0.25, 0.3) is 0 Å². The first-order valence-electron chi connectivity index (χ1n) is 8.83. The van der Waals surface area contributed by atoms with Crippen molar-refractivity contribution < 1.29 is 9.59 Å². The Morgan fingerprint density at radius 2 is 1.96 bits per heavy atom. The van der Waals surface area contributed by atoms with E-state index < -0.39 is 6.04 Å². The summed E-state index contributed by atoms with van der Waals surface area (Å²) in [6.45, 7) is 4.19. The van der Waals surface area contributed by atoms with Gasteiger partial charge in [0.15, 0.2) is 0 Å². The first-order valence-corrected chi connectivity index (χ1v) is 10.5. The number of nitrogens with zero attached hydrogens (tertiary/aromatic N) is 5. The number of carbonyl (C=O) groups is 2. The summed E-state index contributed by atoms with van der Waals surface area (Å²) < 4.78 is 5.74. The molecule has 4 rings (SSSR count). The first kappa shape index (κ1) is 18.6. The van der Waals surface area contributed by atoms with Gasteiger partial charge in [-0.25, -0.2) is 4.79 Å². The van der Waals surface area contributed by atoms with E-state index >= 15 is 0 Å². The van der Waals surface area contributed by atoms with E-state index in [0.29, 0.717) is 31.3 Å². The van der Waals surface area contributed by atoms with Crippen LogP contribution in [0.2, 0.25) is 0 Å². The van der Waals surface area contributed by atoms with E-state index in [9.17, 15) is 9.59 Å². The largest absolute Gasteiger partial charge is 0.352 e. The van der Waals surface area contributed by atoms with Crippen LogP contribution >= 0.6 is 22.9 Å². The number of hydrogen-bond acceptors (Lipinski definition) is 8. The summed E-state index contributed by atoms with van der Waals surface area (Å²) in [4.78, 5) is 28.6. The highest BCUT2D eigenvalue weighted by Crippen LogP contribution is 2.29. The summed E-state index contributed by atoms with van der Waals surface area (Å²) in [7, 11) is 0. The molecule has 1 saturated heterocycles. The number of hydrogen-bond donors (Lipinski definition) is 2. The minimum Gasteiger partial charge on any atom is -0.352 e. The molecule has 2 N–H and O–H groups in total. The molecule has 146 valence electrons. The average Bonchev–Trinajstić information content (AvgIpc) is 3.37. The van der Waals surface area contributed by atoms with Crippen molar-refractivity contribution >= 4 is 55.8 Å². The molecule has 2 aromatic heterocycles. The van der Waals surface area contributed by atoms with Gasteiger partial charge in [0.2, 0.25) is 11.0 Å². The highest BCUT2D eigenvalue weighted by atomic mass is 32.1. The lowest BCUT2D eigenvalue weighted by atomic mass is 10.2. The molecule has 0 unspecified atom stereocenters. The van der Waals surface area contributed by atoms with Gasteiger partial charge < -0.3 is 15.1 Å². The molecule has 1 fully saturated rings. The van der Waals surface area contributed by atoms with Gasteiger partial charge in [-0.15, -0.1) is 10.2 Å². The predicted molar refractivity (Wildman–Crippen MR) is 110 cm³/mol. The van der Waals surface area contributed by atoms with Crippen molar-refractivity contribution in [1.82, 2.24) is 24.8 Å². The zero-order valence-corrected chi connectivity index (χ0v) is 16.8. The zero-order valence-electron chi connectivity index (χ0n) is 15.2. The summed E-state index contributed by atoms with van der Waals surface area (Å²) in [6, 6.07) is 7.24. The van der Waals surface area contributed by atoms with Gasteiger partial charge in [0.1, 0.15) is 17.4 Å². The van der Waals surface area contributed by atoms with Crippen molar-refractivity contribution in [1.29, 1.82) is 0 Å². The third kappa shape index (κ3) is 3.90. The average molecular weight is 418 g/mol. The maximum Gasteiger partial charge on any atom is 0.318 e. The highest BCUT2D eigenvalue weighted by molar-refractivity contribution is 7.14. The molecule has 3 heterocycles. The number of anilines is 2. The van der Waals surface area contributed by atoms with Crippen molar-refractivity contribution in [3.8, 4) is 0 Å². The van der Waals surface area contributed by atoms with E-state index in [2.05, 4.69) is 42.2 Å². The minimum absolute atomic E-state index is 0.248. The predicted octanol–water partition coefficient (Wildman–Crippen LogP) is 2.01. The Kier molecular flexibility index (Phi) is 5.35. The quantitative estimate of drug-likeness (QED) is 0.673. The Balaban J connectivity index is 1.30. The summed E-state index contributed by atoms with van der Waals surface area (Å²) in [5.41, 5.74) is 1.53. The second-order valence-electron chi connectivity index (χ2n) is 6.38. The second kappa shape index (κ2) is 8.07. The molecule has 0 spiro atoms. The zero-order chi connectivity index (χ0) is 19.5. The van der Waals surface area contributed by atoms with Gasteiger partial charge in [-0.1, -0.05) is 23.5 Å². The molecule has 0 aliphatic carbocycles. The molecule has 1 aromatic carbocycles. The summed E-state index contributed by atoms with van der Waals surface area (Å²) in [5.74, 6) is 0.656. The van der Waals surface area contributed by atoms with Crippen molar-refractivity contribution in [2.75, 3.05) is 36.4 Å². The Hall–Kier alpha value is -2.79. The number of carbonyl (C=O) groups excluding carboxylic acids is 2. The molecule has 1 atom stereocenters. The van der Waals surface area contributed by atoms with E-state index in [4.69, 9.17) is 0 Å². The normalized spacial score (nSPS) is 15.5. The summed E-state index contributed by atoms with van der Waals surface area (Å²) in [5, 5.41) is 14.4. The number of nitrogens with one attached hydrogen (secondary N) is 2. The van der Waals surface area contributed by atoms with E-state index in [1.165, 1.54) is 28.4 Å². The van der Waals surface area contributed by atoms with Gasteiger partial charge in [0, 0.05) is 31.6 Å². The highest BCUT2D eigenvalue weighted by Gasteiger charge is 2.26. The summed E-state index contributed by atoms with van der Waals surface area (Å²) >= 11 is 2.72. The van der Waals surface area contributed by atoms with Crippen LogP contribution in [-0.2, 0) is 4.79 Å². The Bertz CT molecular complexity index is 967. The van der Waals surface area contributed by atoms with Crippen molar-refractivity contribution in [2.45, 2.75) is 13.0 Å². The molecule has 3 aromatic rings. The maximum atomic E-state index is 12.5. The van der Waals surface area contributed by atoms with E-state index in [1.807, 2.05) is 12.1 Å². The van der Waals surface area contributed by atoms with E-state index in [1.54, 1.807) is 11.8 Å². The van der Waals surface area contributed by atoms with Crippen LogP contribution in [0.1, 0.15) is 6.92 Å². The Morgan fingerprint density at radius 1 is 1.18 bits per heavy atom. The second-order valence-corrected chi connectivity index (χ2v) is 8.02. The standard InChI is InChI=1S/C17H19N7O2S2/c1-11(15(25)20-16-21-18-10-27-16)19-17(26)24-8-6-23(7-9-24)14-12-4-2-3-5-13(12)28-22-14/h2-5,10-11H,6-9H2,1H3,(H,19,26)(H,20,21,25)/t11-/m1/s1.